The zero-order chi connectivity index (χ0) is 37.9. The number of hydrogen-bond acceptors (Lipinski definition) is 0. The van der Waals surface area contributed by atoms with Crippen LogP contribution in [0.15, 0.2) is 191 Å². The van der Waals surface area contributed by atoms with Crippen LogP contribution < -0.4 is 0 Å². The van der Waals surface area contributed by atoms with Gasteiger partial charge in [0, 0.05) is 11.8 Å². The molecule has 5 aromatic rings. The molecule has 0 N–H and O–H groups in total. The first-order valence-electron chi connectivity index (χ1n) is 21.7. The molecule has 58 heavy (non-hydrogen) atoms. The van der Waals surface area contributed by atoms with Crippen molar-refractivity contribution < 1.29 is 0 Å². The molecule has 0 aliphatic heterocycles. The lowest BCUT2D eigenvalue weighted by Crippen LogP contribution is -2.26. The van der Waals surface area contributed by atoms with E-state index >= 15 is 0 Å². The van der Waals surface area contributed by atoms with Gasteiger partial charge in [-0.05, 0) is 179 Å². The fraction of sp³-hybridized carbons (Fsp3) is 0.172. The van der Waals surface area contributed by atoms with E-state index in [1.807, 2.05) is 0 Å². The van der Waals surface area contributed by atoms with Gasteiger partial charge in [-0.25, -0.2) is 0 Å². The second-order valence-electron chi connectivity index (χ2n) is 17.4. The van der Waals surface area contributed by atoms with Crippen molar-refractivity contribution >= 4 is 43.8 Å². The minimum absolute atomic E-state index is 0.277. The minimum Gasteiger partial charge on any atom is -0.0842 e. The molecule has 8 aliphatic rings. The van der Waals surface area contributed by atoms with Gasteiger partial charge in [-0.1, -0.05) is 152 Å². The van der Waals surface area contributed by atoms with Crippen LogP contribution in [0.3, 0.4) is 0 Å². The molecule has 2 unspecified atom stereocenters. The average Bonchev–Trinajstić information content (AvgIpc) is 3.79. The van der Waals surface area contributed by atoms with Crippen LogP contribution in [-0.4, -0.2) is 0 Å². The number of benzene rings is 5. The smallest absolute Gasteiger partial charge is 0.0212 e. The molecule has 5 aromatic carbocycles. The average molecular weight is 741 g/mol. The molecule has 0 heterocycles. The molecule has 0 bridgehead atoms. The van der Waals surface area contributed by atoms with Gasteiger partial charge < -0.3 is 0 Å². The SMILES string of the molecule is C1=CCCC(C2=CC3=C(CC2)c2cc4c(-c5ccccc5)c5c(c(-c6ccccc6)c4c4cccc3c24)C2=CC3=C(C=CCC3)C3C(C4=CC=CCC4)=CC=C5C23)=C1. The molecule has 0 saturated heterocycles. The molecule has 8 aliphatic carbocycles. The highest BCUT2D eigenvalue weighted by Crippen LogP contribution is 2.65. The summed E-state index contributed by atoms with van der Waals surface area (Å²) in [5.74, 6) is 0.593. The zero-order valence-electron chi connectivity index (χ0n) is 32.8. The van der Waals surface area contributed by atoms with Crippen molar-refractivity contribution in [3.8, 4) is 22.3 Å². The van der Waals surface area contributed by atoms with E-state index in [1.165, 1.54) is 116 Å². The normalized spacial score (nSPS) is 22.2. The van der Waals surface area contributed by atoms with Gasteiger partial charge in [0.2, 0.25) is 0 Å². The summed E-state index contributed by atoms with van der Waals surface area (Å²) in [6, 6.07) is 32.7. The van der Waals surface area contributed by atoms with E-state index in [4.69, 9.17) is 0 Å². The van der Waals surface area contributed by atoms with Gasteiger partial charge >= 0.3 is 0 Å². The summed E-state index contributed by atoms with van der Waals surface area (Å²) in [5.41, 5.74) is 26.4. The summed E-state index contributed by atoms with van der Waals surface area (Å²) in [6.07, 6.45) is 38.1. The first-order chi connectivity index (χ1) is 28.8. The molecule has 2 atom stereocenters. The van der Waals surface area contributed by atoms with E-state index in [2.05, 4.69) is 158 Å². The Morgan fingerprint density at radius 1 is 0.448 bits per heavy atom. The lowest BCUT2D eigenvalue weighted by molar-refractivity contribution is 0.623. The summed E-state index contributed by atoms with van der Waals surface area (Å²) in [4.78, 5) is 0. The Morgan fingerprint density at radius 3 is 1.95 bits per heavy atom. The van der Waals surface area contributed by atoms with Crippen LogP contribution in [0.2, 0.25) is 0 Å². The Bertz CT molecular complexity index is 3060. The second-order valence-corrected chi connectivity index (χ2v) is 17.4. The molecule has 0 saturated carbocycles. The van der Waals surface area contributed by atoms with Gasteiger partial charge in [-0.3, -0.25) is 0 Å². The standard InChI is InChI=1S/C58H44/c1-5-16-35(17-6-1)39-28-29-43-47(32-39)44-26-15-27-45-53(44)48(43)34-50-51(37-20-9-3-10-21-37)57-46-31-30-42(36-18-7-2-8-19-36)54-41-25-14-13-24-40(41)33-49(56(46)54)58(57)52(55(45)50)38-22-11-4-12-23-38/h1-5,7,9-12,14-16,18,20-23,25-27,30-34,54,56H,6,8,13,17,19,24,28-29H2. The lowest BCUT2D eigenvalue weighted by atomic mass is 9.64. The maximum Gasteiger partial charge on any atom is 0.0212 e. The van der Waals surface area contributed by atoms with E-state index in [0.717, 1.165) is 51.4 Å². The largest absolute Gasteiger partial charge is 0.0842 e. The minimum atomic E-state index is 0.277. The molecule has 0 fully saturated rings. The highest BCUT2D eigenvalue weighted by atomic mass is 14.5. The number of fused-ring (bicyclic) bond motifs is 8. The number of allylic oxidation sites excluding steroid dienone is 22. The van der Waals surface area contributed by atoms with Crippen molar-refractivity contribution in [1.82, 2.24) is 0 Å². The Balaban J connectivity index is 1.18. The number of hydrogen-bond donors (Lipinski definition) is 0. The van der Waals surface area contributed by atoms with Gasteiger partial charge in [0.15, 0.2) is 0 Å². The van der Waals surface area contributed by atoms with E-state index in [0.29, 0.717) is 5.92 Å². The maximum atomic E-state index is 2.66. The lowest BCUT2D eigenvalue weighted by Gasteiger charge is -2.39. The molecule has 0 radical (unpaired) electrons. The van der Waals surface area contributed by atoms with Crippen LogP contribution in [0.25, 0.3) is 66.1 Å². The van der Waals surface area contributed by atoms with E-state index in [9.17, 15) is 0 Å². The topological polar surface area (TPSA) is 0 Å². The van der Waals surface area contributed by atoms with Gasteiger partial charge in [0.25, 0.3) is 0 Å². The van der Waals surface area contributed by atoms with Gasteiger partial charge in [-0.2, -0.15) is 0 Å². The van der Waals surface area contributed by atoms with Crippen LogP contribution in [0.4, 0.5) is 0 Å². The van der Waals surface area contributed by atoms with Crippen molar-refractivity contribution in [1.29, 1.82) is 0 Å². The van der Waals surface area contributed by atoms with E-state index in [-0.39, 0.29) is 5.92 Å². The monoisotopic (exact) mass is 740 g/mol. The first-order valence-corrected chi connectivity index (χ1v) is 21.7. The quantitative estimate of drug-likeness (QED) is 0.161. The fourth-order valence-electron chi connectivity index (χ4n) is 12.2. The van der Waals surface area contributed by atoms with Crippen LogP contribution in [-0.2, 0) is 0 Å². The van der Waals surface area contributed by atoms with Crippen molar-refractivity contribution in [2.24, 2.45) is 11.8 Å². The maximum absolute atomic E-state index is 2.66. The predicted molar refractivity (Wildman–Crippen MR) is 246 cm³/mol. The van der Waals surface area contributed by atoms with Crippen molar-refractivity contribution in [3.63, 3.8) is 0 Å². The summed E-state index contributed by atoms with van der Waals surface area (Å²) in [5, 5.41) is 5.63. The highest BCUT2D eigenvalue weighted by molar-refractivity contribution is 6.30. The third kappa shape index (κ3) is 4.58. The molecular weight excluding hydrogens is 697 g/mol. The summed E-state index contributed by atoms with van der Waals surface area (Å²) in [6.45, 7) is 0. The third-order valence-corrected chi connectivity index (χ3v) is 14.5. The van der Waals surface area contributed by atoms with Crippen LogP contribution >= 0.6 is 0 Å². The third-order valence-electron chi connectivity index (χ3n) is 14.5. The van der Waals surface area contributed by atoms with Crippen molar-refractivity contribution in [3.05, 3.63) is 214 Å². The fourth-order valence-corrected chi connectivity index (χ4v) is 12.2. The zero-order valence-corrected chi connectivity index (χ0v) is 32.8. The van der Waals surface area contributed by atoms with Crippen LogP contribution in [0, 0.1) is 11.8 Å². The first kappa shape index (κ1) is 32.8. The predicted octanol–water partition coefficient (Wildman–Crippen LogP) is 15.4. The molecule has 276 valence electrons. The molecule has 0 nitrogen and oxygen atoms in total. The van der Waals surface area contributed by atoms with Crippen LogP contribution in [0.1, 0.15) is 73.6 Å². The Labute approximate surface area is 341 Å². The van der Waals surface area contributed by atoms with Crippen molar-refractivity contribution in [2.45, 2.75) is 51.4 Å². The van der Waals surface area contributed by atoms with Crippen molar-refractivity contribution in [2.75, 3.05) is 0 Å². The molecule has 0 heteroatoms. The van der Waals surface area contributed by atoms with Gasteiger partial charge in [-0.15, -0.1) is 0 Å². The molecule has 0 amide bonds. The molecule has 0 spiro atoms. The Morgan fingerprint density at radius 2 is 1.17 bits per heavy atom. The van der Waals surface area contributed by atoms with E-state index in [1.54, 1.807) is 5.57 Å². The Kier molecular flexibility index (Phi) is 7.14. The molecular formula is C58H44. The number of rotatable bonds is 4. The highest BCUT2D eigenvalue weighted by Gasteiger charge is 2.48. The van der Waals surface area contributed by atoms with E-state index < -0.39 is 0 Å². The Hall–Kier alpha value is -6.24. The molecule has 13 rings (SSSR count). The van der Waals surface area contributed by atoms with Gasteiger partial charge in [0.1, 0.15) is 0 Å². The van der Waals surface area contributed by atoms with Crippen LogP contribution in [0.5, 0.6) is 0 Å². The second kappa shape index (κ2) is 12.6. The summed E-state index contributed by atoms with van der Waals surface area (Å²) < 4.78 is 0. The molecule has 0 aromatic heterocycles. The van der Waals surface area contributed by atoms with Gasteiger partial charge in [0.05, 0.1) is 0 Å². The summed E-state index contributed by atoms with van der Waals surface area (Å²) in [7, 11) is 0. The summed E-state index contributed by atoms with van der Waals surface area (Å²) >= 11 is 0.